The van der Waals surface area contributed by atoms with E-state index in [2.05, 4.69) is 36.5 Å². The van der Waals surface area contributed by atoms with Crippen LogP contribution >= 0.6 is 11.3 Å². The third kappa shape index (κ3) is 2.98. The molecule has 0 amide bonds. The highest BCUT2D eigenvalue weighted by atomic mass is 32.1. The fourth-order valence-corrected chi connectivity index (χ4v) is 2.05. The second kappa shape index (κ2) is 4.07. The summed E-state index contributed by atoms with van der Waals surface area (Å²) in [7, 11) is 0. The van der Waals surface area contributed by atoms with Gasteiger partial charge in [-0.25, -0.2) is 0 Å². The lowest BCUT2D eigenvalue weighted by Gasteiger charge is -1.93. The van der Waals surface area contributed by atoms with Crippen molar-refractivity contribution in [2.45, 2.75) is 25.8 Å². The van der Waals surface area contributed by atoms with Crippen molar-refractivity contribution in [2.24, 2.45) is 0 Å². The number of aryl methyl sites for hydroxylation is 1. The van der Waals surface area contributed by atoms with E-state index in [1.807, 2.05) is 11.3 Å². The van der Waals surface area contributed by atoms with Gasteiger partial charge in [0.15, 0.2) is 0 Å². The molecule has 2 heteroatoms. The number of thiophene rings is 1. The van der Waals surface area contributed by atoms with Gasteiger partial charge in [0.1, 0.15) is 0 Å². The summed E-state index contributed by atoms with van der Waals surface area (Å²) in [6.45, 7) is 3.16. The van der Waals surface area contributed by atoms with Gasteiger partial charge in [-0.2, -0.15) is 0 Å². The summed E-state index contributed by atoms with van der Waals surface area (Å²) in [5.74, 6) is 0. The molecular weight excluding hydrogens is 178 g/mol. The molecule has 0 aliphatic heterocycles. The topological polar surface area (TPSA) is 12.0 Å². The molecule has 1 aromatic heterocycles. The lowest BCUT2D eigenvalue weighted by molar-refractivity contribution is 0.754. The Bertz CT molecular complexity index is 297. The van der Waals surface area contributed by atoms with Crippen LogP contribution in [0.4, 0.5) is 0 Å². The Labute approximate surface area is 83.5 Å². The predicted molar refractivity (Wildman–Crippen MR) is 59.1 cm³/mol. The van der Waals surface area contributed by atoms with Crippen molar-refractivity contribution in [3.8, 4) is 0 Å². The first-order valence-corrected chi connectivity index (χ1v) is 5.62. The van der Waals surface area contributed by atoms with Gasteiger partial charge in [-0.1, -0.05) is 6.08 Å². The third-order valence-corrected chi connectivity index (χ3v) is 3.11. The molecule has 13 heavy (non-hydrogen) atoms. The molecule has 1 aliphatic carbocycles. The predicted octanol–water partition coefficient (Wildman–Crippen LogP) is 2.82. The Morgan fingerprint density at radius 1 is 1.54 bits per heavy atom. The van der Waals surface area contributed by atoms with E-state index in [-0.39, 0.29) is 0 Å². The lowest BCUT2D eigenvalue weighted by Crippen LogP contribution is -2.15. The van der Waals surface area contributed by atoms with Crippen molar-refractivity contribution in [1.29, 1.82) is 0 Å². The van der Waals surface area contributed by atoms with Crippen molar-refractivity contribution in [2.75, 3.05) is 6.54 Å². The van der Waals surface area contributed by atoms with Crippen LogP contribution in [0.3, 0.4) is 0 Å². The van der Waals surface area contributed by atoms with E-state index in [1.165, 1.54) is 22.6 Å². The van der Waals surface area contributed by atoms with E-state index in [4.69, 9.17) is 0 Å². The van der Waals surface area contributed by atoms with Crippen LogP contribution < -0.4 is 5.32 Å². The summed E-state index contributed by atoms with van der Waals surface area (Å²) >= 11 is 1.85. The Morgan fingerprint density at radius 3 is 3.00 bits per heavy atom. The van der Waals surface area contributed by atoms with Gasteiger partial charge in [-0.05, 0) is 38.0 Å². The van der Waals surface area contributed by atoms with Crippen LogP contribution in [0, 0.1) is 6.92 Å². The molecule has 70 valence electrons. The monoisotopic (exact) mass is 193 g/mol. The summed E-state index contributed by atoms with van der Waals surface area (Å²) in [6.07, 6.45) is 7.15. The van der Waals surface area contributed by atoms with Crippen LogP contribution in [0.5, 0.6) is 0 Å². The molecule has 2 rings (SSSR count). The van der Waals surface area contributed by atoms with Crippen LogP contribution in [-0.2, 0) is 0 Å². The Kier molecular flexibility index (Phi) is 2.81. The minimum Gasteiger partial charge on any atom is -0.311 e. The van der Waals surface area contributed by atoms with Gasteiger partial charge >= 0.3 is 0 Å². The van der Waals surface area contributed by atoms with E-state index in [1.54, 1.807) is 0 Å². The van der Waals surface area contributed by atoms with Crippen LogP contribution in [0.15, 0.2) is 18.2 Å². The number of nitrogens with one attached hydrogen (secondary N) is 1. The van der Waals surface area contributed by atoms with E-state index < -0.39 is 0 Å². The lowest BCUT2D eigenvalue weighted by atomic mass is 10.4. The largest absolute Gasteiger partial charge is 0.311 e. The highest BCUT2D eigenvalue weighted by Gasteiger charge is 2.18. The molecule has 1 saturated carbocycles. The average Bonchev–Trinajstić information content (AvgIpc) is 2.84. The van der Waals surface area contributed by atoms with Crippen molar-refractivity contribution in [1.82, 2.24) is 5.32 Å². The molecule has 1 aromatic rings. The first-order valence-electron chi connectivity index (χ1n) is 4.81. The smallest absolute Gasteiger partial charge is 0.0270 e. The van der Waals surface area contributed by atoms with E-state index in [9.17, 15) is 0 Å². The standard InChI is InChI=1S/C11H15NS/c1-9-4-7-11(13-9)3-2-8-12-10-5-6-10/h2-4,7,10,12H,5-6,8H2,1H3. The van der Waals surface area contributed by atoms with Gasteiger partial charge in [-0.3, -0.25) is 0 Å². The summed E-state index contributed by atoms with van der Waals surface area (Å²) < 4.78 is 0. The summed E-state index contributed by atoms with van der Waals surface area (Å²) in [4.78, 5) is 2.74. The van der Waals surface area contributed by atoms with Crippen molar-refractivity contribution in [3.05, 3.63) is 28.0 Å². The van der Waals surface area contributed by atoms with E-state index >= 15 is 0 Å². The second-order valence-corrected chi connectivity index (χ2v) is 4.85. The Balaban J connectivity index is 1.75. The van der Waals surface area contributed by atoms with Crippen molar-refractivity contribution >= 4 is 17.4 Å². The van der Waals surface area contributed by atoms with E-state index in [0.29, 0.717) is 0 Å². The summed E-state index contributed by atoms with van der Waals surface area (Å²) in [5.41, 5.74) is 0. The van der Waals surface area contributed by atoms with Crippen LogP contribution in [0.1, 0.15) is 22.6 Å². The van der Waals surface area contributed by atoms with Crippen LogP contribution in [0.25, 0.3) is 6.08 Å². The molecule has 1 heterocycles. The molecular formula is C11H15NS. The zero-order valence-corrected chi connectivity index (χ0v) is 8.73. The maximum Gasteiger partial charge on any atom is 0.0270 e. The van der Waals surface area contributed by atoms with E-state index in [0.717, 1.165) is 12.6 Å². The summed E-state index contributed by atoms with van der Waals surface area (Å²) in [6, 6.07) is 5.15. The highest BCUT2D eigenvalue weighted by Crippen LogP contribution is 2.18. The Hall–Kier alpha value is -0.600. The normalized spacial score (nSPS) is 17.0. The van der Waals surface area contributed by atoms with Crippen molar-refractivity contribution in [3.63, 3.8) is 0 Å². The third-order valence-electron chi connectivity index (χ3n) is 2.14. The SMILES string of the molecule is Cc1ccc(C=CCNC2CC2)s1. The average molecular weight is 193 g/mol. The fraction of sp³-hybridized carbons (Fsp3) is 0.455. The zero-order valence-electron chi connectivity index (χ0n) is 7.92. The fourth-order valence-electron chi connectivity index (χ4n) is 1.24. The molecule has 0 spiro atoms. The quantitative estimate of drug-likeness (QED) is 0.775. The van der Waals surface area contributed by atoms with Crippen molar-refractivity contribution < 1.29 is 0 Å². The number of rotatable bonds is 4. The molecule has 0 atom stereocenters. The minimum atomic E-state index is 0.815. The zero-order chi connectivity index (χ0) is 9.10. The van der Waals surface area contributed by atoms with Crippen LogP contribution in [-0.4, -0.2) is 12.6 Å². The molecule has 1 nitrogen and oxygen atoms in total. The second-order valence-electron chi connectivity index (χ2n) is 3.53. The molecule has 0 unspecified atom stereocenters. The molecule has 0 bridgehead atoms. The van der Waals surface area contributed by atoms with Crippen LogP contribution in [0.2, 0.25) is 0 Å². The number of hydrogen-bond donors (Lipinski definition) is 1. The van der Waals surface area contributed by atoms with Gasteiger partial charge < -0.3 is 5.32 Å². The maximum absolute atomic E-state index is 3.45. The molecule has 1 N–H and O–H groups in total. The molecule has 0 saturated heterocycles. The molecule has 1 aliphatic rings. The van der Waals surface area contributed by atoms with Gasteiger partial charge in [0.25, 0.3) is 0 Å². The highest BCUT2D eigenvalue weighted by molar-refractivity contribution is 7.12. The minimum absolute atomic E-state index is 0.815. The first-order chi connectivity index (χ1) is 6.34. The molecule has 0 aromatic carbocycles. The van der Waals surface area contributed by atoms with Gasteiger partial charge in [-0.15, -0.1) is 11.3 Å². The first kappa shape index (κ1) is 8.97. The molecule has 1 fully saturated rings. The maximum atomic E-state index is 3.45. The van der Waals surface area contributed by atoms with Gasteiger partial charge in [0.2, 0.25) is 0 Å². The van der Waals surface area contributed by atoms with Gasteiger partial charge in [0.05, 0.1) is 0 Å². The Morgan fingerprint density at radius 2 is 2.38 bits per heavy atom. The molecule has 0 radical (unpaired) electrons. The summed E-state index contributed by atoms with van der Waals surface area (Å²) in [5, 5.41) is 3.45. The number of hydrogen-bond acceptors (Lipinski definition) is 2. The van der Waals surface area contributed by atoms with Gasteiger partial charge in [0, 0.05) is 22.3 Å².